The van der Waals surface area contributed by atoms with Crippen LogP contribution in [0, 0.1) is 19.3 Å². The van der Waals surface area contributed by atoms with Gasteiger partial charge in [-0.1, -0.05) is 62.7 Å². The molecule has 4 rings (SSSR count). The fraction of sp³-hybridized carbons (Fsp3) is 0.267. The van der Waals surface area contributed by atoms with Crippen LogP contribution in [-0.2, 0) is 11.3 Å². The van der Waals surface area contributed by atoms with Gasteiger partial charge < -0.3 is 15.2 Å². The Hall–Kier alpha value is -3.86. The summed E-state index contributed by atoms with van der Waals surface area (Å²) < 4.78 is 2.05. The maximum Gasteiger partial charge on any atom is 0.272 e. The summed E-state index contributed by atoms with van der Waals surface area (Å²) in [4.78, 5) is 25.8. The highest BCUT2D eigenvalue weighted by Crippen LogP contribution is 2.27. The second kappa shape index (κ2) is 9.79. The van der Waals surface area contributed by atoms with Crippen molar-refractivity contribution in [1.82, 2.24) is 4.57 Å². The van der Waals surface area contributed by atoms with E-state index in [2.05, 4.69) is 47.2 Å². The van der Waals surface area contributed by atoms with Gasteiger partial charge in [0, 0.05) is 35.2 Å². The van der Waals surface area contributed by atoms with E-state index in [0.717, 1.165) is 22.3 Å². The Morgan fingerprint density at radius 3 is 2.29 bits per heavy atom. The molecule has 2 amide bonds. The lowest BCUT2D eigenvalue weighted by atomic mass is 9.92. The number of hydrogen-bond donors (Lipinski definition) is 2. The largest absolute Gasteiger partial charge is 0.332 e. The number of para-hydroxylation sites is 1. The first-order valence-electron chi connectivity index (χ1n) is 11.9. The predicted octanol–water partition coefficient (Wildman–Crippen LogP) is 6.93. The lowest BCUT2D eigenvalue weighted by Gasteiger charge is -2.17. The SMILES string of the molecule is Cc1ccc(C)c(Cn2c(C(=O)Nc3ccccc3)cc3cc(NC(=O)CC(C)(C)C)ccc32)c1. The van der Waals surface area contributed by atoms with Crippen LogP contribution < -0.4 is 10.6 Å². The summed E-state index contributed by atoms with van der Waals surface area (Å²) in [5, 5.41) is 6.93. The molecule has 0 fully saturated rings. The molecule has 35 heavy (non-hydrogen) atoms. The topological polar surface area (TPSA) is 63.1 Å². The highest BCUT2D eigenvalue weighted by Gasteiger charge is 2.19. The van der Waals surface area contributed by atoms with Crippen molar-refractivity contribution in [2.45, 2.75) is 47.6 Å². The number of nitrogens with one attached hydrogen (secondary N) is 2. The fourth-order valence-electron chi connectivity index (χ4n) is 4.25. The van der Waals surface area contributed by atoms with Gasteiger partial charge in [0.25, 0.3) is 5.91 Å². The van der Waals surface area contributed by atoms with Gasteiger partial charge >= 0.3 is 0 Å². The van der Waals surface area contributed by atoms with Crippen molar-refractivity contribution in [3.63, 3.8) is 0 Å². The summed E-state index contributed by atoms with van der Waals surface area (Å²) >= 11 is 0. The number of rotatable bonds is 6. The Morgan fingerprint density at radius 1 is 0.829 bits per heavy atom. The summed E-state index contributed by atoms with van der Waals surface area (Å²) in [6, 6.07) is 23.6. The van der Waals surface area contributed by atoms with E-state index < -0.39 is 0 Å². The van der Waals surface area contributed by atoms with Crippen LogP contribution in [0.25, 0.3) is 10.9 Å². The summed E-state index contributed by atoms with van der Waals surface area (Å²) in [5.41, 5.74) is 6.42. The van der Waals surface area contributed by atoms with Crippen LogP contribution in [0.5, 0.6) is 0 Å². The molecule has 2 N–H and O–H groups in total. The summed E-state index contributed by atoms with van der Waals surface area (Å²) in [7, 11) is 0. The van der Waals surface area contributed by atoms with Crippen LogP contribution >= 0.6 is 0 Å². The van der Waals surface area contributed by atoms with Gasteiger partial charge in [-0.2, -0.15) is 0 Å². The molecule has 0 aliphatic heterocycles. The zero-order valence-corrected chi connectivity index (χ0v) is 21.1. The number of nitrogens with zero attached hydrogens (tertiary/aromatic N) is 1. The second-order valence-corrected chi connectivity index (χ2v) is 10.4. The first-order valence-corrected chi connectivity index (χ1v) is 11.9. The molecule has 0 bridgehead atoms. The Bertz CT molecular complexity index is 1380. The van der Waals surface area contributed by atoms with Gasteiger partial charge in [-0.15, -0.1) is 0 Å². The number of anilines is 2. The maximum atomic E-state index is 13.4. The lowest BCUT2D eigenvalue weighted by Crippen LogP contribution is -2.19. The predicted molar refractivity (Wildman–Crippen MR) is 144 cm³/mol. The number of benzene rings is 3. The van der Waals surface area contributed by atoms with Gasteiger partial charge in [0.2, 0.25) is 5.91 Å². The standard InChI is InChI=1S/C30H33N3O2/c1-20-11-12-21(2)23(15-20)19-33-26-14-13-25(31-28(34)18-30(3,4)5)16-22(26)17-27(33)29(35)32-24-9-7-6-8-10-24/h6-17H,18-19H2,1-5H3,(H,31,34)(H,32,35). The van der Waals surface area contributed by atoms with Gasteiger partial charge in [-0.25, -0.2) is 0 Å². The zero-order chi connectivity index (χ0) is 25.2. The van der Waals surface area contributed by atoms with Crippen molar-refractivity contribution in [2.24, 2.45) is 5.41 Å². The van der Waals surface area contributed by atoms with E-state index in [0.29, 0.717) is 18.7 Å². The number of carbonyl (C=O) groups is 2. The van der Waals surface area contributed by atoms with Crippen LogP contribution in [0.2, 0.25) is 0 Å². The molecule has 3 aromatic carbocycles. The fourth-order valence-corrected chi connectivity index (χ4v) is 4.25. The minimum absolute atomic E-state index is 0.0197. The van der Waals surface area contributed by atoms with Crippen LogP contribution in [0.3, 0.4) is 0 Å². The third-order valence-electron chi connectivity index (χ3n) is 5.97. The van der Waals surface area contributed by atoms with E-state index >= 15 is 0 Å². The number of amides is 2. The Kier molecular flexibility index (Phi) is 6.79. The molecule has 1 heterocycles. The summed E-state index contributed by atoms with van der Waals surface area (Å²) in [6.07, 6.45) is 0.434. The highest BCUT2D eigenvalue weighted by atomic mass is 16.2. The first-order chi connectivity index (χ1) is 16.6. The van der Waals surface area contributed by atoms with E-state index in [1.165, 1.54) is 16.7 Å². The Morgan fingerprint density at radius 2 is 1.57 bits per heavy atom. The van der Waals surface area contributed by atoms with E-state index in [4.69, 9.17) is 0 Å². The Balaban J connectivity index is 1.73. The average molecular weight is 468 g/mol. The van der Waals surface area contributed by atoms with E-state index in [1.54, 1.807) is 0 Å². The van der Waals surface area contributed by atoms with E-state index in [-0.39, 0.29) is 17.2 Å². The number of aryl methyl sites for hydroxylation is 2. The molecule has 0 aliphatic rings. The van der Waals surface area contributed by atoms with Crippen molar-refractivity contribution < 1.29 is 9.59 Å². The van der Waals surface area contributed by atoms with Crippen molar-refractivity contribution >= 4 is 34.1 Å². The van der Waals surface area contributed by atoms with Crippen LogP contribution in [-0.4, -0.2) is 16.4 Å². The van der Waals surface area contributed by atoms with Gasteiger partial charge in [-0.3, -0.25) is 9.59 Å². The first kappa shape index (κ1) is 24.3. The molecule has 1 aromatic heterocycles. The van der Waals surface area contributed by atoms with Crippen LogP contribution in [0.15, 0.2) is 72.8 Å². The monoisotopic (exact) mass is 467 g/mol. The molecule has 0 unspecified atom stereocenters. The molecule has 180 valence electrons. The van der Waals surface area contributed by atoms with Crippen molar-refractivity contribution in [1.29, 1.82) is 0 Å². The van der Waals surface area contributed by atoms with Gasteiger partial charge in [-0.05, 0) is 66.8 Å². The molecule has 0 atom stereocenters. The van der Waals surface area contributed by atoms with Gasteiger partial charge in [0.15, 0.2) is 0 Å². The molecular weight excluding hydrogens is 434 g/mol. The molecule has 5 heteroatoms. The number of fused-ring (bicyclic) bond motifs is 1. The number of aromatic nitrogens is 1. The van der Waals surface area contributed by atoms with Crippen LogP contribution in [0.1, 0.15) is 54.4 Å². The average Bonchev–Trinajstić information content (AvgIpc) is 3.13. The minimum atomic E-state index is -0.170. The Labute approximate surface area is 207 Å². The molecular formula is C30H33N3O2. The number of hydrogen-bond acceptors (Lipinski definition) is 2. The summed E-state index contributed by atoms with van der Waals surface area (Å²) in [6.45, 7) is 10.9. The maximum absolute atomic E-state index is 13.4. The minimum Gasteiger partial charge on any atom is -0.332 e. The molecule has 0 spiro atoms. The van der Waals surface area contributed by atoms with Crippen molar-refractivity contribution in [3.05, 3.63) is 95.2 Å². The van der Waals surface area contributed by atoms with E-state index in [1.807, 2.05) is 75.4 Å². The zero-order valence-electron chi connectivity index (χ0n) is 21.1. The second-order valence-electron chi connectivity index (χ2n) is 10.4. The third-order valence-corrected chi connectivity index (χ3v) is 5.97. The molecule has 5 nitrogen and oxygen atoms in total. The molecule has 4 aromatic rings. The molecule has 0 radical (unpaired) electrons. The number of carbonyl (C=O) groups excluding carboxylic acids is 2. The lowest BCUT2D eigenvalue weighted by molar-refractivity contribution is -0.117. The van der Waals surface area contributed by atoms with Crippen LogP contribution in [0.4, 0.5) is 11.4 Å². The highest BCUT2D eigenvalue weighted by molar-refractivity contribution is 6.07. The molecule has 0 saturated heterocycles. The summed E-state index contributed by atoms with van der Waals surface area (Å²) in [5.74, 6) is -0.190. The molecule has 0 saturated carbocycles. The van der Waals surface area contributed by atoms with Gasteiger partial charge in [0.05, 0.1) is 0 Å². The molecule has 0 aliphatic carbocycles. The smallest absolute Gasteiger partial charge is 0.272 e. The normalized spacial score (nSPS) is 11.5. The van der Waals surface area contributed by atoms with E-state index in [9.17, 15) is 9.59 Å². The third kappa shape index (κ3) is 5.99. The van der Waals surface area contributed by atoms with Gasteiger partial charge in [0.1, 0.15) is 5.69 Å². The van der Waals surface area contributed by atoms with Crippen molar-refractivity contribution in [3.8, 4) is 0 Å². The van der Waals surface area contributed by atoms with Crippen molar-refractivity contribution in [2.75, 3.05) is 10.6 Å². The quantitative estimate of drug-likeness (QED) is 0.323.